The average Bonchev–Trinajstić information content (AvgIpc) is 2.89. The van der Waals surface area contributed by atoms with Gasteiger partial charge in [-0.2, -0.15) is 0 Å². The van der Waals surface area contributed by atoms with E-state index in [1.54, 1.807) is 24.0 Å². The molecule has 0 radical (unpaired) electrons. The molecule has 1 heterocycles. The van der Waals surface area contributed by atoms with Crippen molar-refractivity contribution < 1.29 is 23.8 Å². The van der Waals surface area contributed by atoms with Crippen molar-refractivity contribution in [1.82, 2.24) is 9.80 Å². The normalized spacial score (nSPS) is 13.6. The van der Waals surface area contributed by atoms with Crippen LogP contribution in [0.15, 0.2) is 48.5 Å². The number of nitrogens with zero attached hydrogens (tertiary/aromatic N) is 3. The Labute approximate surface area is 228 Å². The molecule has 37 heavy (non-hydrogen) atoms. The molecule has 8 nitrogen and oxygen atoms in total. The van der Waals surface area contributed by atoms with Crippen molar-refractivity contribution in [3.05, 3.63) is 54.1 Å². The van der Waals surface area contributed by atoms with Gasteiger partial charge in [-0.3, -0.25) is 4.79 Å². The monoisotopic (exact) mass is 545 g/mol. The quantitative estimate of drug-likeness (QED) is 0.459. The van der Waals surface area contributed by atoms with E-state index in [4.69, 9.17) is 26.4 Å². The van der Waals surface area contributed by atoms with Crippen LogP contribution in [0.1, 0.15) is 26.3 Å². The van der Waals surface area contributed by atoms with E-state index >= 15 is 0 Å². The minimum atomic E-state index is -0.526. The number of benzene rings is 2. The highest BCUT2D eigenvalue weighted by atomic mass is 32.2. The maximum Gasteiger partial charge on any atom is 0.410 e. The lowest BCUT2D eigenvalue weighted by Crippen LogP contribution is -2.51. The van der Waals surface area contributed by atoms with E-state index in [-0.39, 0.29) is 17.8 Å². The van der Waals surface area contributed by atoms with Crippen molar-refractivity contribution >= 4 is 46.0 Å². The second-order valence-electron chi connectivity index (χ2n) is 9.54. The van der Waals surface area contributed by atoms with Crippen LogP contribution in [0.4, 0.5) is 10.5 Å². The van der Waals surface area contributed by atoms with Crippen LogP contribution in [-0.2, 0) is 16.1 Å². The maximum atomic E-state index is 13.4. The van der Waals surface area contributed by atoms with Crippen LogP contribution in [0.5, 0.6) is 11.5 Å². The molecule has 0 bridgehead atoms. The molecule has 0 aliphatic carbocycles. The van der Waals surface area contributed by atoms with Gasteiger partial charge in [0, 0.05) is 31.9 Å². The van der Waals surface area contributed by atoms with Crippen LogP contribution < -0.4 is 14.4 Å². The van der Waals surface area contributed by atoms with Gasteiger partial charge in [0.15, 0.2) is 0 Å². The van der Waals surface area contributed by atoms with Gasteiger partial charge in [0.05, 0.1) is 26.5 Å². The molecule has 0 unspecified atom stereocenters. The van der Waals surface area contributed by atoms with E-state index in [1.165, 1.54) is 11.8 Å². The predicted molar refractivity (Wildman–Crippen MR) is 152 cm³/mol. The number of thioether (sulfide) groups is 1. The van der Waals surface area contributed by atoms with Crippen molar-refractivity contribution in [3.8, 4) is 11.5 Å². The second-order valence-corrected chi connectivity index (χ2v) is 11.1. The van der Waals surface area contributed by atoms with Crippen molar-refractivity contribution in [1.29, 1.82) is 0 Å². The van der Waals surface area contributed by atoms with Gasteiger partial charge in [0.2, 0.25) is 5.91 Å². The molecule has 1 saturated heterocycles. The first-order valence-electron chi connectivity index (χ1n) is 12.1. The number of methoxy groups -OCH3 is 2. The maximum absolute atomic E-state index is 13.4. The Bertz CT molecular complexity index is 1060. The van der Waals surface area contributed by atoms with E-state index < -0.39 is 5.60 Å². The lowest BCUT2D eigenvalue weighted by molar-refractivity contribution is -0.116. The van der Waals surface area contributed by atoms with Gasteiger partial charge < -0.3 is 28.9 Å². The first kappa shape index (κ1) is 28.6. The molecule has 2 aromatic rings. The second kappa shape index (κ2) is 13.0. The summed E-state index contributed by atoms with van der Waals surface area (Å²) in [5.41, 5.74) is 1.23. The van der Waals surface area contributed by atoms with Gasteiger partial charge >= 0.3 is 6.09 Å². The molecule has 2 aromatic carbocycles. The third-order valence-electron chi connectivity index (χ3n) is 5.69. The van der Waals surface area contributed by atoms with Crippen LogP contribution >= 0.6 is 24.0 Å². The third kappa shape index (κ3) is 8.53. The zero-order valence-electron chi connectivity index (χ0n) is 22.1. The smallest absolute Gasteiger partial charge is 0.410 e. The van der Waals surface area contributed by atoms with Crippen molar-refractivity contribution in [3.63, 3.8) is 0 Å². The van der Waals surface area contributed by atoms with Crippen LogP contribution in [0.2, 0.25) is 0 Å². The Kier molecular flexibility index (Phi) is 10.0. The number of anilines is 1. The minimum Gasteiger partial charge on any atom is -0.497 e. The Morgan fingerprint density at radius 3 is 1.92 bits per heavy atom. The number of carbonyl (C=O) groups excluding carboxylic acids is 2. The molecule has 0 saturated carbocycles. The van der Waals surface area contributed by atoms with Gasteiger partial charge in [-0.05, 0) is 62.7 Å². The minimum absolute atomic E-state index is 0.0549. The summed E-state index contributed by atoms with van der Waals surface area (Å²) in [7, 11) is 3.24. The standard InChI is InChI=1S/C27H35N3O5S2/c1-27(2,3)35-25(32)28-14-16-29(17-15-28)26(36)37-19-24(31)30(21-8-12-23(34-5)13-9-21)18-20-6-10-22(33-4)11-7-20/h6-13H,14-19H2,1-5H3. The summed E-state index contributed by atoms with van der Waals surface area (Å²) in [6.45, 7) is 8.24. The number of hydrogen-bond donors (Lipinski definition) is 0. The Morgan fingerprint density at radius 1 is 0.892 bits per heavy atom. The lowest BCUT2D eigenvalue weighted by Gasteiger charge is -2.36. The largest absolute Gasteiger partial charge is 0.497 e. The van der Waals surface area contributed by atoms with Crippen molar-refractivity contribution in [2.45, 2.75) is 32.9 Å². The topological polar surface area (TPSA) is 71.6 Å². The highest BCUT2D eigenvalue weighted by Crippen LogP contribution is 2.24. The number of rotatable bonds is 7. The third-order valence-corrected chi connectivity index (χ3v) is 7.20. The summed E-state index contributed by atoms with van der Waals surface area (Å²) in [5, 5.41) is 0. The van der Waals surface area contributed by atoms with E-state index in [1.807, 2.05) is 74.2 Å². The summed E-state index contributed by atoms with van der Waals surface area (Å²) in [4.78, 5) is 31.2. The number of amides is 2. The first-order chi connectivity index (χ1) is 17.6. The van der Waals surface area contributed by atoms with Crippen LogP contribution in [0.25, 0.3) is 0 Å². The molecule has 200 valence electrons. The van der Waals surface area contributed by atoms with Crippen molar-refractivity contribution in [2.75, 3.05) is 51.1 Å². The highest BCUT2D eigenvalue weighted by Gasteiger charge is 2.27. The number of ether oxygens (including phenoxy) is 3. The molecule has 1 aliphatic heterocycles. The summed E-state index contributed by atoms with van der Waals surface area (Å²) in [6, 6.07) is 15.1. The Balaban J connectivity index is 1.60. The highest BCUT2D eigenvalue weighted by molar-refractivity contribution is 8.23. The summed E-state index contributed by atoms with van der Waals surface area (Å²) >= 11 is 6.98. The summed E-state index contributed by atoms with van der Waals surface area (Å²) in [6.07, 6.45) is -0.311. The van der Waals surface area contributed by atoms with Crippen LogP contribution in [0.3, 0.4) is 0 Å². The van der Waals surface area contributed by atoms with E-state index in [9.17, 15) is 9.59 Å². The molecular weight excluding hydrogens is 510 g/mol. The summed E-state index contributed by atoms with van der Waals surface area (Å²) in [5.74, 6) is 1.63. The van der Waals surface area contributed by atoms with Crippen LogP contribution in [-0.4, -0.2) is 77.9 Å². The molecule has 0 atom stereocenters. The number of carbonyl (C=O) groups is 2. The Hall–Kier alpha value is -2.98. The fourth-order valence-electron chi connectivity index (χ4n) is 3.69. The first-order valence-corrected chi connectivity index (χ1v) is 13.5. The fourth-order valence-corrected chi connectivity index (χ4v) is 4.82. The molecule has 0 spiro atoms. The molecule has 0 aromatic heterocycles. The van der Waals surface area contributed by atoms with E-state index in [0.29, 0.717) is 37.0 Å². The molecule has 2 amide bonds. The van der Waals surface area contributed by atoms with Gasteiger partial charge in [0.25, 0.3) is 0 Å². The molecule has 10 heteroatoms. The number of thiocarbonyl (C=S) groups is 1. The fraction of sp³-hybridized carbons (Fsp3) is 0.444. The SMILES string of the molecule is COc1ccc(CN(C(=O)CSC(=S)N2CCN(C(=O)OC(C)(C)C)CC2)c2ccc(OC)cc2)cc1. The molecule has 0 N–H and O–H groups in total. The lowest BCUT2D eigenvalue weighted by atomic mass is 10.2. The van der Waals surface area contributed by atoms with E-state index in [2.05, 4.69) is 0 Å². The number of hydrogen-bond acceptors (Lipinski definition) is 7. The van der Waals surface area contributed by atoms with Gasteiger partial charge in [-0.1, -0.05) is 36.1 Å². The summed E-state index contributed by atoms with van der Waals surface area (Å²) < 4.78 is 16.6. The zero-order chi connectivity index (χ0) is 27.0. The number of piperazine rings is 1. The molecule has 1 aliphatic rings. The van der Waals surface area contributed by atoms with Crippen molar-refractivity contribution in [2.24, 2.45) is 0 Å². The Morgan fingerprint density at radius 2 is 1.41 bits per heavy atom. The van der Waals surface area contributed by atoms with Gasteiger partial charge in [0.1, 0.15) is 21.4 Å². The van der Waals surface area contributed by atoms with Crippen LogP contribution in [0, 0.1) is 0 Å². The predicted octanol–water partition coefficient (Wildman–Crippen LogP) is 4.81. The van der Waals surface area contributed by atoms with Gasteiger partial charge in [-0.15, -0.1) is 0 Å². The average molecular weight is 546 g/mol. The zero-order valence-corrected chi connectivity index (χ0v) is 23.7. The molecule has 1 fully saturated rings. The van der Waals surface area contributed by atoms with E-state index in [0.717, 1.165) is 22.7 Å². The molecule has 3 rings (SSSR count). The van der Waals surface area contributed by atoms with Gasteiger partial charge in [-0.25, -0.2) is 4.79 Å². The molecular formula is C27H35N3O5S2.